The SMILES string of the molecule is CCOc1cc([N+](=O)[O-])c(C(=O)OCC(=O)NC(=O)Nc2cccc(C)c2C)cc1OC. The van der Waals surface area contributed by atoms with Gasteiger partial charge in [-0.3, -0.25) is 20.2 Å². The number of anilines is 1. The number of rotatable bonds is 8. The van der Waals surface area contributed by atoms with Crippen LogP contribution in [-0.2, 0) is 9.53 Å². The van der Waals surface area contributed by atoms with Gasteiger partial charge in [0.2, 0.25) is 0 Å². The highest BCUT2D eigenvalue weighted by Crippen LogP contribution is 2.35. The van der Waals surface area contributed by atoms with E-state index in [2.05, 4.69) is 5.32 Å². The molecule has 3 amide bonds. The van der Waals surface area contributed by atoms with Crippen LogP contribution < -0.4 is 20.1 Å². The number of hydrogen-bond acceptors (Lipinski definition) is 8. The van der Waals surface area contributed by atoms with E-state index in [9.17, 15) is 24.5 Å². The van der Waals surface area contributed by atoms with Gasteiger partial charge in [0.15, 0.2) is 18.1 Å². The number of amides is 3. The second-order valence-corrected chi connectivity index (χ2v) is 6.54. The minimum atomic E-state index is -1.14. The number of urea groups is 1. The summed E-state index contributed by atoms with van der Waals surface area (Å²) in [5, 5.41) is 15.9. The smallest absolute Gasteiger partial charge is 0.345 e. The Balaban J connectivity index is 2.05. The van der Waals surface area contributed by atoms with E-state index in [4.69, 9.17) is 14.2 Å². The van der Waals surface area contributed by atoms with Crippen molar-refractivity contribution >= 4 is 29.3 Å². The van der Waals surface area contributed by atoms with E-state index >= 15 is 0 Å². The normalized spacial score (nSPS) is 10.1. The van der Waals surface area contributed by atoms with Crippen LogP contribution in [0.25, 0.3) is 0 Å². The monoisotopic (exact) mass is 445 g/mol. The first-order valence-corrected chi connectivity index (χ1v) is 9.51. The molecule has 0 saturated carbocycles. The highest BCUT2D eigenvalue weighted by molar-refractivity contribution is 6.03. The van der Waals surface area contributed by atoms with Gasteiger partial charge in [-0.1, -0.05) is 12.1 Å². The fourth-order valence-electron chi connectivity index (χ4n) is 2.70. The molecule has 0 atom stereocenters. The molecule has 0 radical (unpaired) electrons. The first kappa shape index (κ1) is 24.1. The quantitative estimate of drug-likeness (QED) is 0.358. The molecule has 170 valence electrons. The van der Waals surface area contributed by atoms with Crippen molar-refractivity contribution < 1.29 is 33.5 Å². The number of nitro groups is 1. The third-order valence-corrected chi connectivity index (χ3v) is 4.44. The van der Waals surface area contributed by atoms with Gasteiger partial charge < -0.3 is 19.5 Å². The summed E-state index contributed by atoms with van der Waals surface area (Å²) in [5.41, 5.74) is 1.30. The Kier molecular flexibility index (Phi) is 8.11. The zero-order valence-corrected chi connectivity index (χ0v) is 18.0. The molecule has 0 spiro atoms. The minimum absolute atomic E-state index is 0.0825. The number of nitrogens with zero attached hydrogens (tertiary/aromatic N) is 1. The third kappa shape index (κ3) is 5.94. The third-order valence-electron chi connectivity index (χ3n) is 4.44. The lowest BCUT2D eigenvalue weighted by Crippen LogP contribution is -2.37. The van der Waals surface area contributed by atoms with Gasteiger partial charge in [-0.05, 0) is 38.0 Å². The molecule has 0 aromatic heterocycles. The van der Waals surface area contributed by atoms with Gasteiger partial charge >= 0.3 is 12.0 Å². The summed E-state index contributed by atoms with van der Waals surface area (Å²) in [7, 11) is 1.31. The van der Waals surface area contributed by atoms with Gasteiger partial charge in [-0.2, -0.15) is 0 Å². The predicted molar refractivity (Wildman–Crippen MR) is 114 cm³/mol. The van der Waals surface area contributed by atoms with Gasteiger partial charge in [0, 0.05) is 11.8 Å². The van der Waals surface area contributed by atoms with Crippen molar-refractivity contribution in [2.45, 2.75) is 20.8 Å². The molecule has 0 aliphatic carbocycles. The maximum absolute atomic E-state index is 12.4. The van der Waals surface area contributed by atoms with Crippen LogP contribution in [-0.4, -0.2) is 43.2 Å². The Bertz CT molecular complexity index is 1050. The number of aryl methyl sites for hydroxylation is 1. The van der Waals surface area contributed by atoms with Crippen molar-refractivity contribution in [2.75, 3.05) is 25.6 Å². The molecule has 0 aliphatic heterocycles. The fraction of sp³-hybridized carbons (Fsp3) is 0.286. The zero-order chi connectivity index (χ0) is 23.8. The minimum Gasteiger partial charge on any atom is -0.493 e. The van der Waals surface area contributed by atoms with Crippen LogP contribution in [0.1, 0.15) is 28.4 Å². The molecule has 11 nitrogen and oxygen atoms in total. The lowest BCUT2D eigenvalue weighted by molar-refractivity contribution is -0.385. The second-order valence-electron chi connectivity index (χ2n) is 6.54. The van der Waals surface area contributed by atoms with E-state index in [1.54, 1.807) is 19.1 Å². The van der Waals surface area contributed by atoms with E-state index in [1.807, 2.05) is 25.2 Å². The molecule has 32 heavy (non-hydrogen) atoms. The largest absolute Gasteiger partial charge is 0.493 e. The van der Waals surface area contributed by atoms with Gasteiger partial charge in [0.1, 0.15) is 5.56 Å². The summed E-state index contributed by atoms with van der Waals surface area (Å²) in [6.45, 7) is 4.76. The maximum Gasteiger partial charge on any atom is 0.345 e. The molecular formula is C21H23N3O8. The number of nitro benzene ring substituents is 1. The van der Waals surface area contributed by atoms with Crippen molar-refractivity contribution in [2.24, 2.45) is 0 Å². The maximum atomic E-state index is 12.4. The highest BCUT2D eigenvalue weighted by Gasteiger charge is 2.26. The van der Waals surface area contributed by atoms with Gasteiger partial charge in [-0.25, -0.2) is 9.59 Å². The number of nitrogens with one attached hydrogen (secondary N) is 2. The number of methoxy groups -OCH3 is 1. The molecule has 0 heterocycles. The fourth-order valence-corrected chi connectivity index (χ4v) is 2.70. The van der Waals surface area contributed by atoms with E-state index < -0.39 is 40.7 Å². The van der Waals surface area contributed by atoms with Gasteiger partial charge in [-0.15, -0.1) is 0 Å². The van der Waals surface area contributed by atoms with Crippen molar-refractivity contribution in [1.82, 2.24) is 5.32 Å². The molecule has 2 N–H and O–H groups in total. The van der Waals surface area contributed by atoms with Crippen LogP contribution in [0.2, 0.25) is 0 Å². The highest BCUT2D eigenvalue weighted by atomic mass is 16.6. The summed E-state index contributed by atoms with van der Waals surface area (Å²) in [4.78, 5) is 47.0. The number of carbonyl (C=O) groups excluding carboxylic acids is 3. The molecule has 0 saturated heterocycles. The van der Waals surface area contributed by atoms with Crippen molar-refractivity contribution in [3.8, 4) is 11.5 Å². The molecule has 2 aromatic rings. The van der Waals surface area contributed by atoms with Crippen molar-refractivity contribution in [1.29, 1.82) is 0 Å². The second kappa shape index (κ2) is 10.8. The Morgan fingerprint density at radius 3 is 2.47 bits per heavy atom. The van der Waals surface area contributed by atoms with Gasteiger partial charge in [0.25, 0.3) is 11.6 Å². The zero-order valence-electron chi connectivity index (χ0n) is 18.0. The molecule has 0 bridgehead atoms. The Morgan fingerprint density at radius 2 is 1.84 bits per heavy atom. The lowest BCUT2D eigenvalue weighted by atomic mass is 10.1. The number of esters is 1. The number of carbonyl (C=O) groups is 3. The van der Waals surface area contributed by atoms with Crippen LogP contribution in [0.15, 0.2) is 30.3 Å². The van der Waals surface area contributed by atoms with Crippen LogP contribution in [0.3, 0.4) is 0 Å². The molecule has 2 rings (SSSR count). The van der Waals surface area contributed by atoms with Crippen LogP contribution in [0.4, 0.5) is 16.2 Å². The standard InChI is InChI=1S/C21H23N3O8/c1-5-31-18-10-16(24(28)29)14(9-17(18)30-4)20(26)32-11-19(25)23-21(27)22-15-8-6-7-12(2)13(15)3/h6-10H,5,11H2,1-4H3,(H2,22,23,25,27). The topological polar surface area (TPSA) is 146 Å². The summed E-state index contributed by atoms with van der Waals surface area (Å²) in [6, 6.07) is 6.61. The first-order valence-electron chi connectivity index (χ1n) is 9.51. The summed E-state index contributed by atoms with van der Waals surface area (Å²) in [5.74, 6) is -1.88. The average Bonchev–Trinajstić information content (AvgIpc) is 2.75. The molecule has 2 aromatic carbocycles. The predicted octanol–water partition coefficient (Wildman–Crippen LogP) is 3.12. The van der Waals surface area contributed by atoms with Gasteiger partial charge in [0.05, 0.1) is 24.7 Å². The van der Waals surface area contributed by atoms with E-state index in [0.717, 1.165) is 23.3 Å². The molecular weight excluding hydrogens is 422 g/mol. The number of imide groups is 1. The van der Waals surface area contributed by atoms with Crippen LogP contribution in [0, 0.1) is 24.0 Å². The van der Waals surface area contributed by atoms with E-state index in [1.165, 1.54) is 7.11 Å². The number of ether oxygens (including phenoxy) is 3. The molecule has 0 fully saturated rings. The Morgan fingerprint density at radius 1 is 1.12 bits per heavy atom. The lowest BCUT2D eigenvalue weighted by Gasteiger charge is -2.12. The summed E-state index contributed by atoms with van der Waals surface area (Å²) >= 11 is 0. The first-order chi connectivity index (χ1) is 15.2. The van der Waals surface area contributed by atoms with E-state index in [-0.39, 0.29) is 18.1 Å². The molecule has 11 heteroatoms. The Labute approximate surface area is 183 Å². The average molecular weight is 445 g/mol. The van der Waals surface area contributed by atoms with Crippen LogP contribution >= 0.6 is 0 Å². The summed E-state index contributed by atoms with van der Waals surface area (Å²) < 4.78 is 15.2. The number of benzene rings is 2. The Hall–Kier alpha value is -4.15. The van der Waals surface area contributed by atoms with Crippen molar-refractivity contribution in [3.05, 3.63) is 57.1 Å². The summed E-state index contributed by atoms with van der Waals surface area (Å²) in [6.07, 6.45) is 0. The van der Waals surface area contributed by atoms with E-state index in [0.29, 0.717) is 5.69 Å². The van der Waals surface area contributed by atoms with Crippen LogP contribution in [0.5, 0.6) is 11.5 Å². The number of hydrogen-bond donors (Lipinski definition) is 2. The van der Waals surface area contributed by atoms with Crippen molar-refractivity contribution in [3.63, 3.8) is 0 Å². The molecule has 0 aliphatic rings. The molecule has 0 unspecified atom stereocenters.